The second-order valence-corrected chi connectivity index (χ2v) is 6.42. The van der Waals surface area contributed by atoms with Crippen LogP contribution in [0.4, 0.5) is 17.3 Å². The van der Waals surface area contributed by atoms with Gasteiger partial charge >= 0.3 is 0 Å². The second-order valence-electron chi connectivity index (χ2n) is 6.42. The zero-order valence-electron chi connectivity index (χ0n) is 15.2. The van der Waals surface area contributed by atoms with Crippen LogP contribution in [0.25, 0.3) is 22.1 Å². The van der Waals surface area contributed by atoms with Gasteiger partial charge in [0, 0.05) is 0 Å². The molecule has 2 aromatic carbocycles. The van der Waals surface area contributed by atoms with Crippen molar-refractivity contribution in [3.63, 3.8) is 0 Å². The predicted octanol–water partition coefficient (Wildman–Crippen LogP) is 3.59. The Labute approximate surface area is 161 Å². The maximum Gasteiger partial charge on any atom is 0.200 e. The maximum atomic E-state index is 13.3. The molecule has 2 aromatic heterocycles. The van der Waals surface area contributed by atoms with Crippen LogP contribution >= 0.6 is 0 Å². The molecule has 1 atom stereocenters. The molecule has 0 bridgehead atoms. The van der Waals surface area contributed by atoms with Crippen molar-refractivity contribution < 1.29 is 4.42 Å². The van der Waals surface area contributed by atoms with Crippen molar-refractivity contribution in [2.45, 2.75) is 13.0 Å². The van der Waals surface area contributed by atoms with Crippen molar-refractivity contribution in [1.82, 2.24) is 9.97 Å². The molecular weight excluding hydrogens is 354 g/mol. The average Bonchev–Trinajstić information content (AvgIpc) is 2.72. The standard InChI is InChI=1S/C21H19N5O2/c1-12(26-21-17(22)20(23)24-11-25-21)19-16(13-7-3-2-4-8-13)18(27)14-9-5-6-10-15(14)28-19/h2-12H,22H2,1H3,(H3,23,24,25,26). The summed E-state index contributed by atoms with van der Waals surface area (Å²) >= 11 is 0. The van der Waals surface area contributed by atoms with Crippen molar-refractivity contribution in [3.05, 3.63) is 76.9 Å². The van der Waals surface area contributed by atoms with Crippen LogP contribution in [0.3, 0.4) is 0 Å². The van der Waals surface area contributed by atoms with E-state index in [2.05, 4.69) is 15.3 Å². The van der Waals surface area contributed by atoms with Gasteiger partial charge in [0.2, 0.25) is 5.43 Å². The number of nitrogens with one attached hydrogen (secondary N) is 1. The van der Waals surface area contributed by atoms with E-state index in [0.717, 1.165) is 5.56 Å². The number of benzene rings is 2. The molecule has 0 aliphatic carbocycles. The van der Waals surface area contributed by atoms with Crippen LogP contribution in [-0.2, 0) is 0 Å². The summed E-state index contributed by atoms with van der Waals surface area (Å²) in [6.07, 6.45) is 1.33. The summed E-state index contributed by atoms with van der Waals surface area (Å²) in [5, 5.41) is 3.71. The van der Waals surface area contributed by atoms with Gasteiger partial charge in [-0.1, -0.05) is 42.5 Å². The van der Waals surface area contributed by atoms with Crippen molar-refractivity contribution in [2.75, 3.05) is 16.8 Å². The van der Waals surface area contributed by atoms with E-state index in [1.165, 1.54) is 6.33 Å². The van der Waals surface area contributed by atoms with Crippen LogP contribution in [0.5, 0.6) is 0 Å². The Kier molecular flexibility index (Phi) is 4.41. The van der Waals surface area contributed by atoms with Crippen molar-refractivity contribution in [3.8, 4) is 11.1 Å². The Bertz CT molecular complexity index is 1200. The topological polar surface area (TPSA) is 120 Å². The van der Waals surface area contributed by atoms with Gasteiger partial charge in [-0.3, -0.25) is 4.79 Å². The van der Waals surface area contributed by atoms with Gasteiger partial charge in [-0.25, -0.2) is 9.97 Å². The first-order valence-corrected chi connectivity index (χ1v) is 8.80. The number of anilines is 3. The van der Waals surface area contributed by atoms with Gasteiger partial charge in [-0.15, -0.1) is 0 Å². The number of para-hydroxylation sites is 1. The first-order valence-electron chi connectivity index (χ1n) is 8.80. The molecule has 4 aromatic rings. The highest BCUT2D eigenvalue weighted by Crippen LogP contribution is 2.32. The molecular formula is C21H19N5O2. The molecule has 140 valence electrons. The van der Waals surface area contributed by atoms with Crippen LogP contribution in [0.2, 0.25) is 0 Å². The summed E-state index contributed by atoms with van der Waals surface area (Å²) in [7, 11) is 0. The molecule has 0 aliphatic heterocycles. The molecule has 0 radical (unpaired) electrons. The molecule has 0 saturated carbocycles. The molecule has 2 heterocycles. The number of nitrogens with zero attached hydrogens (tertiary/aromatic N) is 2. The second kappa shape index (κ2) is 7.03. The minimum Gasteiger partial charge on any atom is -0.458 e. The number of nitrogens with two attached hydrogens (primary N) is 2. The van der Waals surface area contributed by atoms with E-state index in [4.69, 9.17) is 15.9 Å². The zero-order chi connectivity index (χ0) is 19.7. The highest BCUT2D eigenvalue weighted by molar-refractivity contribution is 5.83. The third-order valence-electron chi connectivity index (χ3n) is 4.55. The number of rotatable bonds is 4. The van der Waals surface area contributed by atoms with Gasteiger partial charge in [-0.05, 0) is 24.6 Å². The normalized spacial score (nSPS) is 12.0. The van der Waals surface area contributed by atoms with E-state index in [1.807, 2.05) is 49.4 Å². The summed E-state index contributed by atoms with van der Waals surface area (Å²) in [4.78, 5) is 21.3. The van der Waals surface area contributed by atoms with Gasteiger partial charge in [0.1, 0.15) is 23.4 Å². The van der Waals surface area contributed by atoms with Gasteiger partial charge in [0.25, 0.3) is 0 Å². The molecule has 7 heteroatoms. The zero-order valence-corrected chi connectivity index (χ0v) is 15.2. The number of fused-ring (bicyclic) bond motifs is 1. The lowest BCUT2D eigenvalue weighted by molar-refractivity contribution is 0.515. The molecule has 0 amide bonds. The molecule has 0 spiro atoms. The quantitative estimate of drug-likeness (QED) is 0.500. The third kappa shape index (κ3) is 3.03. The Balaban J connectivity index is 1.90. The fraction of sp³-hybridized carbons (Fsp3) is 0.0952. The van der Waals surface area contributed by atoms with E-state index in [1.54, 1.807) is 12.1 Å². The highest BCUT2D eigenvalue weighted by Gasteiger charge is 2.22. The highest BCUT2D eigenvalue weighted by atomic mass is 16.3. The summed E-state index contributed by atoms with van der Waals surface area (Å²) in [5.74, 6) is 1.06. The third-order valence-corrected chi connectivity index (χ3v) is 4.55. The summed E-state index contributed by atoms with van der Waals surface area (Å²) in [6, 6.07) is 16.2. The van der Waals surface area contributed by atoms with Gasteiger partial charge in [-0.2, -0.15) is 0 Å². The van der Waals surface area contributed by atoms with Gasteiger partial charge in [0.15, 0.2) is 11.6 Å². The Morgan fingerprint density at radius 2 is 1.71 bits per heavy atom. The van der Waals surface area contributed by atoms with Crippen molar-refractivity contribution >= 4 is 28.3 Å². The van der Waals surface area contributed by atoms with Gasteiger partial charge in [0.05, 0.1) is 17.0 Å². The Morgan fingerprint density at radius 1 is 1.00 bits per heavy atom. The van der Waals surface area contributed by atoms with Crippen LogP contribution in [-0.4, -0.2) is 9.97 Å². The Morgan fingerprint density at radius 3 is 2.50 bits per heavy atom. The lowest BCUT2D eigenvalue weighted by Gasteiger charge is -2.19. The first kappa shape index (κ1) is 17.5. The van der Waals surface area contributed by atoms with E-state index in [-0.39, 0.29) is 16.9 Å². The molecule has 4 rings (SSSR count). The number of nitrogen functional groups attached to an aromatic ring is 2. The van der Waals surface area contributed by atoms with Crippen LogP contribution < -0.4 is 22.2 Å². The monoisotopic (exact) mass is 373 g/mol. The fourth-order valence-electron chi connectivity index (χ4n) is 3.14. The predicted molar refractivity (Wildman–Crippen MR) is 111 cm³/mol. The largest absolute Gasteiger partial charge is 0.458 e. The van der Waals surface area contributed by atoms with Gasteiger partial charge < -0.3 is 21.2 Å². The van der Waals surface area contributed by atoms with Crippen LogP contribution in [0.15, 0.2) is 70.1 Å². The van der Waals surface area contributed by atoms with E-state index in [0.29, 0.717) is 28.1 Å². The lowest BCUT2D eigenvalue weighted by atomic mass is 9.99. The smallest absolute Gasteiger partial charge is 0.200 e. The summed E-state index contributed by atoms with van der Waals surface area (Å²) in [5.41, 5.74) is 13.7. The SMILES string of the molecule is CC(Nc1ncnc(N)c1N)c1oc2ccccc2c(=O)c1-c1ccccc1. The minimum absolute atomic E-state index is 0.0909. The molecule has 0 saturated heterocycles. The number of aromatic nitrogens is 2. The van der Waals surface area contributed by atoms with Crippen molar-refractivity contribution in [2.24, 2.45) is 0 Å². The molecule has 0 fully saturated rings. The van der Waals surface area contributed by atoms with E-state index >= 15 is 0 Å². The first-order chi connectivity index (χ1) is 13.6. The maximum absolute atomic E-state index is 13.3. The fourth-order valence-corrected chi connectivity index (χ4v) is 3.14. The Hall–Kier alpha value is -3.87. The molecule has 28 heavy (non-hydrogen) atoms. The number of hydrogen-bond acceptors (Lipinski definition) is 7. The summed E-state index contributed by atoms with van der Waals surface area (Å²) < 4.78 is 6.15. The molecule has 1 unspecified atom stereocenters. The summed E-state index contributed by atoms with van der Waals surface area (Å²) in [6.45, 7) is 1.87. The minimum atomic E-state index is -0.399. The number of hydrogen-bond donors (Lipinski definition) is 3. The molecule has 5 N–H and O–H groups in total. The van der Waals surface area contributed by atoms with E-state index < -0.39 is 6.04 Å². The molecule has 0 aliphatic rings. The van der Waals surface area contributed by atoms with E-state index in [9.17, 15) is 4.79 Å². The van der Waals surface area contributed by atoms with Crippen LogP contribution in [0.1, 0.15) is 18.7 Å². The van der Waals surface area contributed by atoms with Crippen LogP contribution in [0, 0.1) is 0 Å². The van der Waals surface area contributed by atoms with Crippen molar-refractivity contribution in [1.29, 1.82) is 0 Å². The lowest BCUT2D eigenvalue weighted by Crippen LogP contribution is -2.16. The molecule has 7 nitrogen and oxygen atoms in total. The average molecular weight is 373 g/mol.